The molecule has 0 amide bonds. The van der Waals surface area contributed by atoms with Gasteiger partial charge in [-0.1, -0.05) is 6.08 Å². The van der Waals surface area contributed by atoms with Crippen LogP contribution in [0.15, 0.2) is 24.4 Å². The maximum Gasteiger partial charge on any atom is 0.0331 e. The van der Waals surface area contributed by atoms with Crippen molar-refractivity contribution in [1.82, 2.24) is 10.2 Å². The van der Waals surface area contributed by atoms with E-state index in [0.29, 0.717) is 5.92 Å². The summed E-state index contributed by atoms with van der Waals surface area (Å²) < 4.78 is 0. The van der Waals surface area contributed by atoms with Crippen LogP contribution in [-0.4, -0.2) is 29.1 Å². The molecule has 19 heavy (non-hydrogen) atoms. The fourth-order valence-corrected chi connectivity index (χ4v) is 3.84. The SMILES string of the molecule is C=CCC1C(N2CCCCC2)=CC(C)(C)NC1(C)C. The Morgan fingerprint density at radius 1 is 1.26 bits per heavy atom. The Bertz CT molecular complexity index is 359. The van der Waals surface area contributed by atoms with Gasteiger partial charge in [-0.25, -0.2) is 0 Å². The lowest BCUT2D eigenvalue weighted by atomic mass is 9.75. The molecule has 2 nitrogen and oxygen atoms in total. The standard InChI is InChI=1S/C17H30N2/c1-6-10-14-15(19-11-8-7-9-12-19)13-16(2,3)18-17(14,4)5/h6,13-14,18H,1,7-12H2,2-5H3. The zero-order valence-electron chi connectivity index (χ0n) is 13.1. The summed E-state index contributed by atoms with van der Waals surface area (Å²) in [4.78, 5) is 2.63. The van der Waals surface area contributed by atoms with Crippen LogP contribution in [0.1, 0.15) is 53.4 Å². The topological polar surface area (TPSA) is 15.3 Å². The Hall–Kier alpha value is -0.760. The smallest absolute Gasteiger partial charge is 0.0331 e. The molecule has 0 bridgehead atoms. The third-order valence-electron chi connectivity index (χ3n) is 4.50. The van der Waals surface area contributed by atoms with E-state index in [9.17, 15) is 0 Å². The van der Waals surface area contributed by atoms with Crippen molar-refractivity contribution in [3.63, 3.8) is 0 Å². The Morgan fingerprint density at radius 3 is 2.47 bits per heavy atom. The molecule has 1 fully saturated rings. The van der Waals surface area contributed by atoms with Gasteiger partial charge in [0, 0.05) is 35.8 Å². The second kappa shape index (κ2) is 5.32. The molecular formula is C17H30N2. The highest BCUT2D eigenvalue weighted by atomic mass is 15.2. The molecule has 0 aromatic heterocycles. The average Bonchev–Trinajstić information content (AvgIpc) is 2.32. The molecule has 0 spiro atoms. The molecule has 0 radical (unpaired) electrons. The van der Waals surface area contributed by atoms with Crippen molar-refractivity contribution in [2.75, 3.05) is 13.1 Å². The van der Waals surface area contributed by atoms with Crippen molar-refractivity contribution in [2.45, 2.75) is 64.5 Å². The van der Waals surface area contributed by atoms with Crippen LogP contribution in [0.5, 0.6) is 0 Å². The number of nitrogens with one attached hydrogen (secondary N) is 1. The number of piperidine rings is 1. The number of hydrogen-bond acceptors (Lipinski definition) is 2. The van der Waals surface area contributed by atoms with E-state index in [1.807, 2.05) is 0 Å². The first kappa shape index (κ1) is 14.6. The molecule has 1 saturated heterocycles. The van der Waals surface area contributed by atoms with E-state index < -0.39 is 0 Å². The summed E-state index contributed by atoms with van der Waals surface area (Å²) in [6, 6.07) is 0. The first-order valence-electron chi connectivity index (χ1n) is 7.74. The number of allylic oxidation sites excluding steroid dienone is 1. The van der Waals surface area contributed by atoms with Crippen molar-refractivity contribution in [2.24, 2.45) is 5.92 Å². The van der Waals surface area contributed by atoms with Gasteiger partial charge < -0.3 is 10.2 Å². The molecule has 2 heterocycles. The van der Waals surface area contributed by atoms with Crippen LogP contribution in [0, 0.1) is 5.92 Å². The number of likely N-dealkylation sites (tertiary alicyclic amines) is 1. The number of hydrogen-bond donors (Lipinski definition) is 1. The molecule has 2 aliphatic rings. The van der Waals surface area contributed by atoms with Crippen molar-refractivity contribution < 1.29 is 0 Å². The summed E-state index contributed by atoms with van der Waals surface area (Å²) in [5, 5.41) is 3.79. The summed E-state index contributed by atoms with van der Waals surface area (Å²) >= 11 is 0. The van der Waals surface area contributed by atoms with E-state index in [4.69, 9.17) is 0 Å². The van der Waals surface area contributed by atoms with E-state index in [1.165, 1.54) is 32.4 Å². The molecule has 2 aliphatic heterocycles. The molecule has 0 aromatic rings. The predicted octanol–water partition coefficient (Wildman–Crippen LogP) is 3.71. The lowest BCUT2D eigenvalue weighted by Crippen LogP contribution is -2.60. The van der Waals surface area contributed by atoms with Crippen molar-refractivity contribution in [1.29, 1.82) is 0 Å². The van der Waals surface area contributed by atoms with Gasteiger partial charge in [0.1, 0.15) is 0 Å². The Balaban J connectivity index is 2.32. The maximum atomic E-state index is 3.96. The average molecular weight is 262 g/mol. The van der Waals surface area contributed by atoms with Crippen LogP contribution in [-0.2, 0) is 0 Å². The lowest BCUT2D eigenvalue weighted by Gasteiger charge is -2.50. The van der Waals surface area contributed by atoms with Gasteiger partial charge >= 0.3 is 0 Å². The lowest BCUT2D eigenvalue weighted by molar-refractivity contribution is 0.153. The van der Waals surface area contributed by atoms with Gasteiger partial charge in [-0.2, -0.15) is 0 Å². The van der Waals surface area contributed by atoms with Gasteiger partial charge in [0.05, 0.1) is 0 Å². The number of rotatable bonds is 3. The van der Waals surface area contributed by atoms with Crippen LogP contribution < -0.4 is 5.32 Å². The molecule has 1 atom stereocenters. The number of nitrogens with zero attached hydrogens (tertiary/aromatic N) is 1. The quantitative estimate of drug-likeness (QED) is 0.780. The third kappa shape index (κ3) is 3.22. The summed E-state index contributed by atoms with van der Waals surface area (Å²) in [5.41, 5.74) is 1.75. The first-order valence-corrected chi connectivity index (χ1v) is 7.74. The van der Waals surface area contributed by atoms with Gasteiger partial charge in [-0.15, -0.1) is 6.58 Å². The molecule has 2 rings (SSSR count). The zero-order valence-corrected chi connectivity index (χ0v) is 13.1. The summed E-state index contributed by atoms with van der Waals surface area (Å²) in [6.07, 6.45) is 9.65. The molecule has 1 N–H and O–H groups in total. The van der Waals surface area contributed by atoms with Gasteiger partial charge in [-0.05, 0) is 59.5 Å². The van der Waals surface area contributed by atoms with Gasteiger partial charge in [-0.3, -0.25) is 0 Å². The molecule has 0 saturated carbocycles. The highest BCUT2D eigenvalue weighted by Crippen LogP contribution is 2.38. The molecule has 0 aliphatic carbocycles. The minimum absolute atomic E-state index is 0.0773. The summed E-state index contributed by atoms with van der Waals surface area (Å²) in [7, 11) is 0. The van der Waals surface area contributed by atoms with Crippen LogP contribution in [0.25, 0.3) is 0 Å². The highest BCUT2D eigenvalue weighted by Gasteiger charge is 2.41. The molecular weight excluding hydrogens is 232 g/mol. The van der Waals surface area contributed by atoms with E-state index in [1.54, 1.807) is 5.70 Å². The Labute approximate surface area is 118 Å². The fourth-order valence-electron chi connectivity index (χ4n) is 3.84. The van der Waals surface area contributed by atoms with Gasteiger partial charge in [0.15, 0.2) is 0 Å². The molecule has 108 valence electrons. The predicted molar refractivity (Wildman–Crippen MR) is 83.1 cm³/mol. The largest absolute Gasteiger partial charge is 0.375 e. The Kier molecular flexibility index (Phi) is 4.10. The van der Waals surface area contributed by atoms with Crippen LogP contribution in [0.3, 0.4) is 0 Å². The minimum atomic E-state index is 0.0773. The fraction of sp³-hybridized carbons (Fsp3) is 0.765. The zero-order chi connectivity index (χ0) is 14.1. The summed E-state index contributed by atoms with van der Waals surface area (Å²) in [5.74, 6) is 0.538. The minimum Gasteiger partial charge on any atom is -0.375 e. The monoisotopic (exact) mass is 262 g/mol. The molecule has 0 aromatic carbocycles. The summed E-state index contributed by atoms with van der Waals surface area (Å²) in [6.45, 7) is 15.6. The maximum absolute atomic E-state index is 3.96. The molecule has 1 unspecified atom stereocenters. The van der Waals surface area contributed by atoms with Crippen molar-refractivity contribution in [3.8, 4) is 0 Å². The van der Waals surface area contributed by atoms with E-state index >= 15 is 0 Å². The van der Waals surface area contributed by atoms with Crippen molar-refractivity contribution in [3.05, 3.63) is 24.4 Å². The van der Waals surface area contributed by atoms with Crippen LogP contribution in [0.2, 0.25) is 0 Å². The van der Waals surface area contributed by atoms with Crippen molar-refractivity contribution >= 4 is 0 Å². The van der Waals surface area contributed by atoms with E-state index in [-0.39, 0.29) is 11.1 Å². The molecule has 2 heteroatoms. The van der Waals surface area contributed by atoms with E-state index in [2.05, 4.69) is 56.6 Å². The second-order valence-electron chi connectivity index (χ2n) is 7.26. The normalized spacial score (nSPS) is 29.8. The van der Waals surface area contributed by atoms with Gasteiger partial charge in [0.2, 0.25) is 0 Å². The second-order valence-corrected chi connectivity index (χ2v) is 7.26. The van der Waals surface area contributed by atoms with Crippen LogP contribution >= 0.6 is 0 Å². The van der Waals surface area contributed by atoms with Crippen LogP contribution in [0.4, 0.5) is 0 Å². The third-order valence-corrected chi connectivity index (χ3v) is 4.50. The van der Waals surface area contributed by atoms with Gasteiger partial charge in [0.25, 0.3) is 0 Å². The Morgan fingerprint density at radius 2 is 1.89 bits per heavy atom. The first-order chi connectivity index (χ1) is 8.86. The highest BCUT2D eigenvalue weighted by molar-refractivity contribution is 5.25. The van der Waals surface area contributed by atoms with E-state index in [0.717, 1.165) is 6.42 Å².